The lowest BCUT2D eigenvalue weighted by Gasteiger charge is -2.12. The van der Waals surface area contributed by atoms with E-state index in [-0.39, 0.29) is 48.8 Å². The highest BCUT2D eigenvalue weighted by Gasteiger charge is 2.26. The monoisotopic (exact) mass is 481 g/mol. The van der Waals surface area contributed by atoms with Crippen molar-refractivity contribution in [3.8, 4) is 5.75 Å². The fraction of sp³-hybridized carbons (Fsp3) is 0.533. The summed E-state index contributed by atoms with van der Waals surface area (Å²) in [5.74, 6) is 0.540. The van der Waals surface area contributed by atoms with Crippen LogP contribution in [0.25, 0.3) is 0 Å². The molecule has 0 atom stereocenters. The molecule has 0 spiro atoms. The molecular weight excluding hydrogens is 460 g/mol. The van der Waals surface area contributed by atoms with Crippen LogP contribution in [0.2, 0.25) is 0 Å². The third-order valence-electron chi connectivity index (χ3n) is 2.74. The summed E-state index contributed by atoms with van der Waals surface area (Å²) in [7, 11) is 0. The van der Waals surface area contributed by atoms with Crippen molar-refractivity contribution < 1.29 is 26.7 Å². The van der Waals surface area contributed by atoms with Crippen LogP contribution in [0.1, 0.15) is 18.9 Å². The van der Waals surface area contributed by atoms with E-state index in [4.69, 9.17) is 4.74 Å². The van der Waals surface area contributed by atoms with Crippen molar-refractivity contribution in [2.75, 3.05) is 19.7 Å². The first kappa shape index (κ1) is 23.7. The summed E-state index contributed by atoms with van der Waals surface area (Å²) in [5.41, 5.74) is 0.690. The number of aliphatic imine (C=N–C) groups is 1. The first-order valence-corrected chi connectivity index (χ1v) is 7.39. The molecule has 0 aliphatic heterocycles. The molecule has 1 aromatic rings. The largest absolute Gasteiger partial charge is 0.488 e. The standard InChI is InChI=1S/C15H20F5N3O.HI/c1-2-21-14(22-7-6-15(18,19)20)23-9-11-4-3-5-12(8-11)24-10-13(16)17;/h3-5,8,13H,2,6-7,9-10H2,1H3,(H2,21,22,23);1H. The third-order valence-corrected chi connectivity index (χ3v) is 2.74. The summed E-state index contributed by atoms with van der Waals surface area (Å²) in [6.45, 7) is 1.48. The molecule has 10 heteroatoms. The number of rotatable bonds is 8. The summed E-state index contributed by atoms with van der Waals surface area (Å²) < 4.78 is 65.6. The molecule has 0 amide bonds. The zero-order valence-corrected chi connectivity index (χ0v) is 15.9. The molecule has 0 aliphatic carbocycles. The second-order valence-corrected chi connectivity index (χ2v) is 4.84. The highest BCUT2D eigenvalue weighted by atomic mass is 127. The van der Waals surface area contributed by atoms with Crippen LogP contribution in [0.15, 0.2) is 29.3 Å². The molecule has 0 fully saturated rings. The molecule has 0 bridgehead atoms. The molecule has 0 saturated heterocycles. The average molecular weight is 481 g/mol. The Balaban J connectivity index is 0.00000576. The lowest BCUT2D eigenvalue weighted by Crippen LogP contribution is -2.38. The summed E-state index contributed by atoms with van der Waals surface area (Å²) in [6.07, 6.45) is -7.76. The highest BCUT2D eigenvalue weighted by molar-refractivity contribution is 14.0. The highest BCUT2D eigenvalue weighted by Crippen LogP contribution is 2.18. The number of hydrogen-bond acceptors (Lipinski definition) is 2. The van der Waals surface area contributed by atoms with Crippen molar-refractivity contribution in [3.05, 3.63) is 29.8 Å². The Labute approximate surface area is 160 Å². The molecule has 0 unspecified atom stereocenters. The SMILES string of the molecule is CCNC(=NCc1cccc(OCC(F)F)c1)NCCC(F)(F)F.I. The molecule has 144 valence electrons. The topological polar surface area (TPSA) is 45.7 Å². The number of benzene rings is 1. The van der Waals surface area contributed by atoms with Crippen LogP contribution in [0, 0.1) is 0 Å². The van der Waals surface area contributed by atoms with Crippen LogP contribution >= 0.6 is 24.0 Å². The van der Waals surface area contributed by atoms with Crippen molar-refractivity contribution in [2.45, 2.75) is 32.5 Å². The van der Waals surface area contributed by atoms with Crippen molar-refractivity contribution in [3.63, 3.8) is 0 Å². The third kappa shape index (κ3) is 11.8. The van der Waals surface area contributed by atoms with Gasteiger partial charge in [-0.3, -0.25) is 0 Å². The van der Waals surface area contributed by atoms with Gasteiger partial charge < -0.3 is 15.4 Å². The van der Waals surface area contributed by atoms with E-state index in [1.807, 2.05) is 0 Å². The Morgan fingerprint density at radius 3 is 2.56 bits per heavy atom. The van der Waals surface area contributed by atoms with Gasteiger partial charge in [0.2, 0.25) is 0 Å². The van der Waals surface area contributed by atoms with Crippen LogP contribution in [-0.4, -0.2) is 38.3 Å². The van der Waals surface area contributed by atoms with Gasteiger partial charge in [0, 0.05) is 13.1 Å². The van der Waals surface area contributed by atoms with Gasteiger partial charge in [-0.25, -0.2) is 13.8 Å². The van der Waals surface area contributed by atoms with Crippen LogP contribution in [0.3, 0.4) is 0 Å². The Bertz CT molecular complexity index is 526. The first-order chi connectivity index (χ1) is 11.3. The zero-order valence-electron chi connectivity index (χ0n) is 13.6. The molecule has 0 radical (unpaired) electrons. The van der Waals surface area contributed by atoms with E-state index in [9.17, 15) is 22.0 Å². The van der Waals surface area contributed by atoms with Crippen LogP contribution in [0.4, 0.5) is 22.0 Å². The molecule has 1 aromatic carbocycles. The number of nitrogens with zero attached hydrogens (tertiary/aromatic N) is 1. The summed E-state index contributed by atoms with van der Waals surface area (Å²) in [6, 6.07) is 6.46. The van der Waals surface area contributed by atoms with Gasteiger partial charge in [0.05, 0.1) is 13.0 Å². The maximum absolute atomic E-state index is 12.1. The maximum atomic E-state index is 12.1. The van der Waals surface area contributed by atoms with E-state index in [1.165, 1.54) is 0 Å². The minimum atomic E-state index is -4.24. The summed E-state index contributed by atoms with van der Waals surface area (Å²) in [4.78, 5) is 4.16. The predicted molar refractivity (Wildman–Crippen MR) is 96.8 cm³/mol. The Hall–Kier alpha value is -1.33. The normalized spacial score (nSPS) is 11.9. The first-order valence-electron chi connectivity index (χ1n) is 7.39. The van der Waals surface area contributed by atoms with E-state index in [0.29, 0.717) is 12.1 Å². The fourth-order valence-electron chi connectivity index (χ4n) is 1.73. The van der Waals surface area contributed by atoms with Gasteiger partial charge in [-0.2, -0.15) is 13.2 Å². The minimum absolute atomic E-state index is 0. The smallest absolute Gasteiger partial charge is 0.390 e. The minimum Gasteiger partial charge on any atom is -0.488 e. The zero-order chi connectivity index (χ0) is 18.0. The average Bonchev–Trinajstić information content (AvgIpc) is 2.50. The van der Waals surface area contributed by atoms with E-state index in [1.54, 1.807) is 31.2 Å². The Morgan fingerprint density at radius 1 is 1.24 bits per heavy atom. The van der Waals surface area contributed by atoms with Gasteiger partial charge in [-0.1, -0.05) is 12.1 Å². The maximum Gasteiger partial charge on any atom is 0.390 e. The van der Waals surface area contributed by atoms with Crippen LogP contribution < -0.4 is 15.4 Å². The Morgan fingerprint density at radius 2 is 1.96 bits per heavy atom. The fourth-order valence-corrected chi connectivity index (χ4v) is 1.73. The number of alkyl halides is 5. The van der Waals surface area contributed by atoms with Gasteiger partial charge >= 0.3 is 6.18 Å². The number of guanidine groups is 1. The second-order valence-electron chi connectivity index (χ2n) is 4.84. The van der Waals surface area contributed by atoms with Crippen LogP contribution in [-0.2, 0) is 6.54 Å². The predicted octanol–water partition coefficient (Wildman–Crippen LogP) is 3.96. The molecule has 0 aromatic heterocycles. The molecule has 1 rings (SSSR count). The number of nitrogens with one attached hydrogen (secondary N) is 2. The van der Waals surface area contributed by atoms with E-state index in [2.05, 4.69) is 15.6 Å². The molecule has 2 N–H and O–H groups in total. The number of halogens is 6. The van der Waals surface area contributed by atoms with Gasteiger partial charge in [0.25, 0.3) is 6.43 Å². The van der Waals surface area contributed by atoms with E-state index < -0.39 is 25.6 Å². The van der Waals surface area contributed by atoms with Gasteiger partial charge in [0.1, 0.15) is 12.4 Å². The lowest BCUT2D eigenvalue weighted by molar-refractivity contribution is -0.132. The van der Waals surface area contributed by atoms with Gasteiger partial charge in [-0.15, -0.1) is 24.0 Å². The molecule has 0 saturated carbocycles. The molecule has 0 heterocycles. The summed E-state index contributed by atoms with van der Waals surface area (Å²) >= 11 is 0. The lowest BCUT2D eigenvalue weighted by atomic mass is 10.2. The Kier molecular flexibility index (Phi) is 11.4. The van der Waals surface area contributed by atoms with Gasteiger partial charge in [-0.05, 0) is 24.6 Å². The van der Waals surface area contributed by atoms with E-state index in [0.717, 1.165) is 0 Å². The molecule has 25 heavy (non-hydrogen) atoms. The van der Waals surface area contributed by atoms with Gasteiger partial charge in [0.15, 0.2) is 5.96 Å². The molecular formula is C15H21F5IN3O. The second kappa shape index (κ2) is 12.1. The van der Waals surface area contributed by atoms with E-state index >= 15 is 0 Å². The van der Waals surface area contributed by atoms with Crippen molar-refractivity contribution in [2.24, 2.45) is 4.99 Å². The quantitative estimate of drug-likeness (QED) is 0.256. The molecule has 0 aliphatic rings. The van der Waals surface area contributed by atoms with Crippen molar-refractivity contribution in [1.29, 1.82) is 0 Å². The summed E-state index contributed by atoms with van der Waals surface area (Å²) in [5, 5.41) is 5.43. The van der Waals surface area contributed by atoms with Crippen LogP contribution in [0.5, 0.6) is 5.75 Å². The molecule has 4 nitrogen and oxygen atoms in total. The number of ether oxygens (including phenoxy) is 1. The van der Waals surface area contributed by atoms with Crippen molar-refractivity contribution in [1.82, 2.24) is 10.6 Å². The number of hydrogen-bond donors (Lipinski definition) is 2. The van der Waals surface area contributed by atoms with Crippen molar-refractivity contribution >= 4 is 29.9 Å².